The van der Waals surface area contributed by atoms with Crippen molar-refractivity contribution in [3.8, 4) is 0 Å². The molecule has 196 valence electrons. The Bertz CT molecular complexity index is 1160. The van der Waals surface area contributed by atoms with E-state index < -0.39 is 11.6 Å². The average Bonchev–Trinajstić information content (AvgIpc) is 2.85. The number of hydrogen-bond donors (Lipinski definition) is 1. The quantitative estimate of drug-likeness (QED) is 0.342. The van der Waals surface area contributed by atoms with Crippen LogP contribution in [0.25, 0.3) is 0 Å². The summed E-state index contributed by atoms with van der Waals surface area (Å²) in [6, 6.07) is 25.9. The fourth-order valence-electron chi connectivity index (χ4n) is 4.44. The smallest absolute Gasteiger partial charge is 0.243 e. The van der Waals surface area contributed by atoms with Crippen molar-refractivity contribution in [1.29, 1.82) is 0 Å². The average molecular weight is 499 g/mol. The van der Waals surface area contributed by atoms with Gasteiger partial charge in [-0.2, -0.15) is 0 Å². The maximum absolute atomic E-state index is 13.9. The molecule has 0 unspecified atom stereocenters. The predicted molar refractivity (Wildman–Crippen MR) is 152 cm³/mol. The highest BCUT2D eigenvalue weighted by Crippen LogP contribution is 2.20. The largest absolute Gasteiger partial charge is 0.350 e. The van der Waals surface area contributed by atoms with Gasteiger partial charge in [-0.25, -0.2) is 0 Å². The molecule has 4 nitrogen and oxygen atoms in total. The third-order valence-electron chi connectivity index (χ3n) is 6.65. The monoisotopic (exact) mass is 498 g/mol. The first-order valence-corrected chi connectivity index (χ1v) is 13.3. The molecule has 4 heteroatoms. The van der Waals surface area contributed by atoms with E-state index in [2.05, 4.69) is 56.4 Å². The van der Waals surface area contributed by atoms with Crippen LogP contribution >= 0.6 is 0 Å². The van der Waals surface area contributed by atoms with E-state index in [9.17, 15) is 9.59 Å². The van der Waals surface area contributed by atoms with Gasteiger partial charge in [-0.15, -0.1) is 0 Å². The molecule has 0 aliphatic heterocycles. The summed E-state index contributed by atoms with van der Waals surface area (Å²) >= 11 is 0. The molecule has 1 atom stereocenters. The van der Waals surface area contributed by atoms with Crippen LogP contribution in [0.3, 0.4) is 0 Å². The number of benzene rings is 3. The fraction of sp³-hybridized carbons (Fsp3) is 0.394. The minimum atomic E-state index is -0.614. The molecule has 0 aliphatic carbocycles. The van der Waals surface area contributed by atoms with E-state index in [-0.39, 0.29) is 11.8 Å². The van der Waals surface area contributed by atoms with Gasteiger partial charge in [0.2, 0.25) is 11.8 Å². The summed E-state index contributed by atoms with van der Waals surface area (Å²) in [6.07, 6.45) is 1.45. The standard InChI is InChI=1S/C33H42N2O2/c1-24(2)28-19-16-26(17-20-28)18-21-31(36)35(23-29-15-11-10-12-25(29)3)30(32(37)34-33(4,5)6)22-27-13-8-7-9-14-27/h7-17,19-20,24,30H,18,21-23H2,1-6H3,(H,34,37)/t30-/m0/s1. The minimum Gasteiger partial charge on any atom is -0.350 e. The molecule has 0 radical (unpaired) electrons. The molecule has 0 heterocycles. The van der Waals surface area contributed by atoms with Crippen molar-refractivity contribution >= 4 is 11.8 Å². The van der Waals surface area contributed by atoms with Gasteiger partial charge in [-0.1, -0.05) is 92.7 Å². The molecule has 2 amide bonds. The molecule has 0 saturated carbocycles. The van der Waals surface area contributed by atoms with Crippen molar-refractivity contribution in [3.63, 3.8) is 0 Å². The molecule has 37 heavy (non-hydrogen) atoms. The molecule has 3 aromatic carbocycles. The lowest BCUT2D eigenvalue weighted by Crippen LogP contribution is -2.54. The number of hydrogen-bond acceptors (Lipinski definition) is 2. The summed E-state index contributed by atoms with van der Waals surface area (Å²) < 4.78 is 0. The van der Waals surface area contributed by atoms with E-state index in [4.69, 9.17) is 0 Å². The maximum atomic E-state index is 13.9. The second-order valence-electron chi connectivity index (χ2n) is 11.3. The van der Waals surface area contributed by atoms with Gasteiger partial charge in [0, 0.05) is 24.9 Å². The SMILES string of the molecule is Cc1ccccc1CN(C(=O)CCc1ccc(C(C)C)cc1)[C@@H](Cc1ccccc1)C(=O)NC(C)(C)C. The number of nitrogens with one attached hydrogen (secondary N) is 1. The van der Waals surface area contributed by atoms with E-state index in [1.165, 1.54) is 5.56 Å². The lowest BCUT2D eigenvalue weighted by atomic mass is 9.98. The molecule has 3 aromatic rings. The van der Waals surface area contributed by atoms with Crippen LogP contribution in [0, 0.1) is 6.92 Å². The number of carbonyl (C=O) groups is 2. The van der Waals surface area contributed by atoms with Gasteiger partial charge in [-0.05, 0) is 67.9 Å². The van der Waals surface area contributed by atoms with E-state index in [1.54, 1.807) is 4.90 Å². The molecule has 0 saturated heterocycles. The van der Waals surface area contributed by atoms with Crippen molar-refractivity contribution in [1.82, 2.24) is 10.2 Å². The second kappa shape index (κ2) is 12.7. The molecule has 0 bridgehead atoms. The lowest BCUT2D eigenvalue weighted by Gasteiger charge is -2.34. The van der Waals surface area contributed by atoms with Gasteiger partial charge in [0.15, 0.2) is 0 Å². The topological polar surface area (TPSA) is 49.4 Å². The van der Waals surface area contributed by atoms with Crippen molar-refractivity contribution in [3.05, 3.63) is 107 Å². The van der Waals surface area contributed by atoms with Crippen LogP contribution in [0.15, 0.2) is 78.9 Å². The Morgan fingerprint density at radius 1 is 0.838 bits per heavy atom. The minimum absolute atomic E-state index is 0.0128. The van der Waals surface area contributed by atoms with Gasteiger partial charge >= 0.3 is 0 Å². The van der Waals surface area contributed by atoms with Gasteiger partial charge in [0.05, 0.1) is 0 Å². The normalized spacial score (nSPS) is 12.3. The summed E-state index contributed by atoms with van der Waals surface area (Å²) in [5, 5.41) is 3.13. The van der Waals surface area contributed by atoms with Crippen molar-refractivity contribution in [2.75, 3.05) is 0 Å². The first kappa shape index (κ1) is 28.2. The van der Waals surface area contributed by atoms with Crippen LogP contribution in [-0.2, 0) is 29.0 Å². The van der Waals surface area contributed by atoms with E-state index in [1.807, 2.05) is 69.3 Å². The van der Waals surface area contributed by atoms with E-state index in [0.717, 1.165) is 22.3 Å². The summed E-state index contributed by atoms with van der Waals surface area (Å²) in [7, 11) is 0. The summed E-state index contributed by atoms with van der Waals surface area (Å²) in [5.41, 5.74) is 5.22. The highest BCUT2D eigenvalue weighted by Gasteiger charge is 2.32. The van der Waals surface area contributed by atoms with Crippen LogP contribution in [0.5, 0.6) is 0 Å². The Kier molecular flexibility index (Phi) is 9.68. The van der Waals surface area contributed by atoms with Crippen LogP contribution in [0.4, 0.5) is 0 Å². The van der Waals surface area contributed by atoms with E-state index in [0.29, 0.717) is 31.7 Å². The van der Waals surface area contributed by atoms with Crippen molar-refractivity contribution < 1.29 is 9.59 Å². The molecular formula is C33H42N2O2. The molecule has 3 rings (SSSR count). The van der Waals surface area contributed by atoms with Crippen molar-refractivity contribution in [2.24, 2.45) is 0 Å². The third kappa shape index (κ3) is 8.59. The van der Waals surface area contributed by atoms with Crippen molar-refractivity contribution in [2.45, 2.75) is 84.8 Å². The van der Waals surface area contributed by atoms with E-state index >= 15 is 0 Å². The number of amides is 2. The van der Waals surface area contributed by atoms with Gasteiger partial charge in [0.1, 0.15) is 6.04 Å². The Balaban J connectivity index is 1.91. The van der Waals surface area contributed by atoms with Crippen LogP contribution in [-0.4, -0.2) is 28.3 Å². The summed E-state index contributed by atoms with van der Waals surface area (Å²) in [4.78, 5) is 29.3. The predicted octanol–water partition coefficient (Wildman–Crippen LogP) is 6.61. The first-order valence-electron chi connectivity index (χ1n) is 13.3. The molecular weight excluding hydrogens is 456 g/mol. The zero-order valence-electron chi connectivity index (χ0n) is 23.3. The maximum Gasteiger partial charge on any atom is 0.243 e. The molecule has 1 N–H and O–H groups in total. The Labute approximate surface area is 223 Å². The zero-order valence-corrected chi connectivity index (χ0v) is 23.3. The van der Waals surface area contributed by atoms with Crippen LogP contribution < -0.4 is 5.32 Å². The number of nitrogens with zero attached hydrogens (tertiary/aromatic N) is 1. The summed E-state index contributed by atoms with van der Waals surface area (Å²) in [6.45, 7) is 12.7. The van der Waals surface area contributed by atoms with Crippen LogP contribution in [0.2, 0.25) is 0 Å². The van der Waals surface area contributed by atoms with Crippen LogP contribution in [0.1, 0.15) is 74.8 Å². The van der Waals surface area contributed by atoms with Gasteiger partial charge in [0.25, 0.3) is 0 Å². The first-order chi connectivity index (χ1) is 17.5. The zero-order chi connectivity index (χ0) is 27.0. The van der Waals surface area contributed by atoms with Gasteiger partial charge in [-0.3, -0.25) is 9.59 Å². The Morgan fingerprint density at radius 3 is 2.05 bits per heavy atom. The lowest BCUT2D eigenvalue weighted by molar-refractivity contribution is -0.141. The molecule has 0 spiro atoms. The second-order valence-corrected chi connectivity index (χ2v) is 11.3. The molecule has 0 aromatic heterocycles. The number of carbonyl (C=O) groups excluding carboxylic acids is 2. The number of aryl methyl sites for hydroxylation is 2. The highest BCUT2D eigenvalue weighted by atomic mass is 16.2. The Morgan fingerprint density at radius 2 is 1.46 bits per heavy atom. The van der Waals surface area contributed by atoms with Gasteiger partial charge < -0.3 is 10.2 Å². The third-order valence-corrected chi connectivity index (χ3v) is 6.65. The highest BCUT2D eigenvalue weighted by molar-refractivity contribution is 5.88. The molecule has 0 aliphatic rings. The summed E-state index contributed by atoms with van der Waals surface area (Å²) in [5.74, 6) is 0.334. The fourth-order valence-corrected chi connectivity index (χ4v) is 4.44. The molecule has 0 fully saturated rings. The number of rotatable bonds is 10. The Hall–Kier alpha value is -3.40.